The molecule has 0 aliphatic carbocycles. The molecule has 0 N–H and O–H groups in total. The van der Waals surface area contributed by atoms with Crippen molar-refractivity contribution in [1.82, 2.24) is 19.9 Å². The van der Waals surface area contributed by atoms with Gasteiger partial charge in [0.05, 0.1) is 24.4 Å². The molecule has 0 saturated carbocycles. The normalized spacial score (nSPS) is 9.56. The number of aromatic nitrogens is 4. The maximum absolute atomic E-state index is 8.92. The summed E-state index contributed by atoms with van der Waals surface area (Å²) in [7, 11) is 1.55. The van der Waals surface area contributed by atoms with Crippen LogP contribution in [0.25, 0.3) is 11.3 Å². The van der Waals surface area contributed by atoms with Crippen molar-refractivity contribution in [3.8, 4) is 23.1 Å². The van der Waals surface area contributed by atoms with Gasteiger partial charge >= 0.3 is 0 Å². The van der Waals surface area contributed by atoms with Gasteiger partial charge in [-0.1, -0.05) is 34.8 Å². The van der Waals surface area contributed by atoms with E-state index in [0.717, 1.165) is 5.56 Å². The Morgan fingerprint density at radius 2 is 1.44 bits per heavy atom. The zero-order chi connectivity index (χ0) is 18.2. The molecular weight excluding hydrogens is 385 g/mol. The molecule has 0 amide bonds. The number of benzene rings is 1. The molecule has 2 aromatic heterocycles. The number of methoxy groups -OCH3 is 1. The van der Waals surface area contributed by atoms with Crippen molar-refractivity contribution in [2.24, 2.45) is 0 Å². The molecule has 0 saturated heterocycles. The molecule has 0 spiro atoms. The van der Waals surface area contributed by atoms with E-state index in [1.165, 1.54) is 18.7 Å². The molecule has 0 aliphatic rings. The Labute approximate surface area is 159 Å². The van der Waals surface area contributed by atoms with Gasteiger partial charge in [-0.3, -0.25) is 0 Å². The van der Waals surface area contributed by atoms with Gasteiger partial charge in [0.15, 0.2) is 0 Å². The average molecular weight is 395 g/mol. The van der Waals surface area contributed by atoms with Gasteiger partial charge in [-0.05, 0) is 18.2 Å². The lowest BCUT2D eigenvalue weighted by Crippen LogP contribution is -1.89. The number of hydrogen-bond acceptors (Lipinski definition) is 6. The van der Waals surface area contributed by atoms with Crippen molar-refractivity contribution in [2.45, 2.75) is 0 Å². The van der Waals surface area contributed by atoms with Crippen LogP contribution in [0.1, 0.15) is 5.56 Å². The van der Waals surface area contributed by atoms with E-state index < -0.39 is 0 Å². The zero-order valence-corrected chi connectivity index (χ0v) is 15.1. The minimum absolute atomic E-state index is 0.358. The molecule has 0 atom stereocenters. The summed E-state index contributed by atoms with van der Waals surface area (Å²) in [5, 5.41) is 10.0. The number of hydrogen-bond donors (Lipinski definition) is 0. The van der Waals surface area contributed by atoms with Crippen LogP contribution in [0, 0.1) is 11.3 Å². The van der Waals surface area contributed by atoms with Gasteiger partial charge in [0, 0.05) is 17.7 Å². The Morgan fingerprint density at radius 1 is 0.840 bits per heavy atom. The fourth-order valence-electron chi connectivity index (χ4n) is 1.73. The van der Waals surface area contributed by atoms with Crippen LogP contribution in [0.4, 0.5) is 0 Å². The molecule has 3 aromatic rings. The standard InChI is InChI=1S/C12H8ClN3O.C4H2Cl2N2/c1-17-10-3-8(6-14)2-9(4-10)11-5-12(13)16-7-15-11;5-3-1-4(6)8-2-7-3/h2-5,7H,1H3;1-2H. The summed E-state index contributed by atoms with van der Waals surface area (Å²) in [5.74, 6) is 0.605. The van der Waals surface area contributed by atoms with Crippen LogP contribution in [-0.4, -0.2) is 27.0 Å². The molecule has 0 radical (unpaired) electrons. The van der Waals surface area contributed by atoms with Gasteiger partial charge < -0.3 is 4.74 Å². The first-order valence-electron chi connectivity index (χ1n) is 6.72. The van der Waals surface area contributed by atoms with Crippen LogP contribution in [0.3, 0.4) is 0 Å². The Morgan fingerprint density at radius 3 is 1.92 bits per heavy atom. The predicted octanol–water partition coefficient (Wildman–Crippen LogP) is 4.46. The highest BCUT2D eigenvalue weighted by molar-refractivity contribution is 6.33. The topological polar surface area (TPSA) is 84.6 Å². The van der Waals surface area contributed by atoms with Gasteiger partial charge in [0.25, 0.3) is 0 Å². The molecule has 0 fully saturated rings. The number of halogens is 3. The van der Waals surface area contributed by atoms with Crippen molar-refractivity contribution in [3.63, 3.8) is 0 Å². The summed E-state index contributed by atoms with van der Waals surface area (Å²) in [6.45, 7) is 0. The third-order valence-electron chi connectivity index (χ3n) is 2.80. The largest absolute Gasteiger partial charge is 0.497 e. The third kappa shape index (κ3) is 5.84. The number of rotatable bonds is 2. The summed E-state index contributed by atoms with van der Waals surface area (Å²) in [4.78, 5) is 15.1. The SMILES string of the molecule is COc1cc(C#N)cc(-c2cc(Cl)ncn2)c1.Clc1cc(Cl)ncn1. The first-order chi connectivity index (χ1) is 12.0. The fraction of sp³-hybridized carbons (Fsp3) is 0.0625. The molecule has 3 rings (SSSR count). The summed E-state index contributed by atoms with van der Waals surface area (Å²) in [6.07, 6.45) is 2.69. The minimum atomic E-state index is 0.358. The second kappa shape index (κ2) is 9.14. The fourth-order valence-corrected chi connectivity index (χ4v) is 2.23. The van der Waals surface area contributed by atoms with Crippen LogP contribution in [0.2, 0.25) is 15.5 Å². The number of nitriles is 1. The molecule has 0 bridgehead atoms. The van der Waals surface area contributed by atoms with Crippen molar-refractivity contribution >= 4 is 34.8 Å². The lowest BCUT2D eigenvalue weighted by atomic mass is 10.1. The van der Waals surface area contributed by atoms with Crippen LogP contribution in [0.5, 0.6) is 5.75 Å². The van der Waals surface area contributed by atoms with Crippen molar-refractivity contribution in [2.75, 3.05) is 7.11 Å². The Bertz CT molecular complexity index is 897. The van der Waals surface area contributed by atoms with Gasteiger partial charge in [-0.25, -0.2) is 19.9 Å². The van der Waals surface area contributed by atoms with E-state index in [9.17, 15) is 0 Å². The van der Waals surface area contributed by atoms with E-state index in [0.29, 0.717) is 32.5 Å². The Balaban J connectivity index is 0.000000236. The summed E-state index contributed by atoms with van der Waals surface area (Å²) in [5.41, 5.74) is 1.93. The molecule has 6 nitrogen and oxygen atoms in total. The molecule has 2 heterocycles. The molecule has 9 heteroatoms. The lowest BCUT2D eigenvalue weighted by molar-refractivity contribution is 0.415. The van der Waals surface area contributed by atoms with E-state index in [-0.39, 0.29) is 0 Å². The molecular formula is C16H10Cl3N5O. The van der Waals surface area contributed by atoms with E-state index in [1.807, 2.05) is 0 Å². The molecule has 0 unspecified atom stereocenters. The summed E-state index contributed by atoms with van der Waals surface area (Å²) >= 11 is 16.6. The predicted molar refractivity (Wildman–Crippen MR) is 95.8 cm³/mol. The van der Waals surface area contributed by atoms with Gasteiger partial charge in [-0.2, -0.15) is 5.26 Å². The van der Waals surface area contributed by atoms with Crippen molar-refractivity contribution in [1.29, 1.82) is 5.26 Å². The zero-order valence-electron chi connectivity index (χ0n) is 12.8. The maximum Gasteiger partial charge on any atom is 0.133 e. The smallest absolute Gasteiger partial charge is 0.133 e. The minimum Gasteiger partial charge on any atom is -0.497 e. The van der Waals surface area contributed by atoms with E-state index >= 15 is 0 Å². The van der Waals surface area contributed by atoms with E-state index in [2.05, 4.69) is 26.0 Å². The molecule has 126 valence electrons. The van der Waals surface area contributed by atoms with E-state index in [1.54, 1.807) is 31.4 Å². The highest BCUT2D eigenvalue weighted by atomic mass is 35.5. The first-order valence-corrected chi connectivity index (χ1v) is 7.85. The van der Waals surface area contributed by atoms with Crippen molar-refractivity contribution in [3.05, 3.63) is 64.0 Å². The molecule has 0 aliphatic heterocycles. The van der Waals surface area contributed by atoms with Crippen LogP contribution in [0.15, 0.2) is 43.0 Å². The quantitative estimate of drug-likeness (QED) is 0.597. The highest BCUT2D eigenvalue weighted by Crippen LogP contribution is 2.25. The highest BCUT2D eigenvalue weighted by Gasteiger charge is 2.05. The van der Waals surface area contributed by atoms with E-state index in [4.69, 9.17) is 44.8 Å². The van der Waals surface area contributed by atoms with Crippen LogP contribution >= 0.6 is 34.8 Å². The van der Waals surface area contributed by atoms with Gasteiger partial charge in [-0.15, -0.1) is 0 Å². The Hall–Kier alpha value is -2.46. The average Bonchev–Trinajstić information content (AvgIpc) is 2.61. The monoisotopic (exact) mass is 393 g/mol. The second-order valence-corrected chi connectivity index (χ2v) is 5.61. The van der Waals surface area contributed by atoms with Crippen molar-refractivity contribution < 1.29 is 4.74 Å². The number of nitrogens with zero attached hydrogens (tertiary/aromatic N) is 5. The number of ether oxygens (including phenoxy) is 1. The third-order valence-corrected chi connectivity index (χ3v) is 3.42. The van der Waals surface area contributed by atoms with Gasteiger partial charge in [0.1, 0.15) is 33.9 Å². The maximum atomic E-state index is 8.92. The molecule has 25 heavy (non-hydrogen) atoms. The summed E-state index contributed by atoms with van der Waals surface area (Å²) in [6, 6.07) is 10.4. The van der Waals surface area contributed by atoms with Crippen LogP contribution < -0.4 is 4.74 Å². The second-order valence-electron chi connectivity index (χ2n) is 4.45. The lowest BCUT2D eigenvalue weighted by Gasteiger charge is -2.05. The van der Waals surface area contributed by atoms with Crippen LogP contribution in [-0.2, 0) is 0 Å². The first kappa shape index (κ1) is 18.9. The summed E-state index contributed by atoms with van der Waals surface area (Å²) < 4.78 is 5.12. The van der Waals surface area contributed by atoms with Gasteiger partial charge in [0.2, 0.25) is 0 Å². The molecule has 1 aromatic carbocycles. The Kier molecular flexibility index (Phi) is 6.90.